The number of nitrogens with two attached hydrogens (primary N) is 1. The third-order valence-corrected chi connectivity index (χ3v) is 7.14. The summed E-state index contributed by atoms with van der Waals surface area (Å²) in [6, 6.07) is 6.59. The lowest BCUT2D eigenvalue weighted by Crippen LogP contribution is -2.30. The number of aryl methyl sites for hydroxylation is 1. The molecule has 1 aromatic carbocycles. The zero-order chi connectivity index (χ0) is 31.8. The van der Waals surface area contributed by atoms with Crippen LogP contribution in [0.4, 0.5) is 0 Å². The molecule has 0 atom stereocenters. The molecule has 0 aliphatic carbocycles. The molecule has 2 aromatic heterocycles. The fourth-order valence-electron chi connectivity index (χ4n) is 4.42. The van der Waals surface area contributed by atoms with Gasteiger partial charge in [0.05, 0.1) is 18.0 Å². The number of hydrogen-bond acceptors (Lipinski definition) is 9. The molecule has 3 rings (SSSR count). The van der Waals surface area contributed by atoms with Crippen molar-refractivity contribution in [3.8, 4) is 0 Å². The van der Waals surface area contributed by atoms with Gasteiger partial charge >= 0.3 is 11.9 Å². The highest BCUT2D eigenvalue weighted by Gasteiger charge is 2.21. The Morgan fingerprint density at radius 3 is 1.70 bits per heavy atom. The normalized spacial score (nSPS) is 12.5. The summed E-state index contributed by atoms with van der Waals surface area (Å²) in [5, 5.41) is 5.20. The molecular weight excluding hydrogens is 572 g/mol. The van der Waals surface area contributed by atoms with Crippen LogP contribution in [0.1, 0.15) is 71.6 Å². The average Bonchev–Trinajstić information content (AvgIpc) is 3.48. The summed E-state index contributed by atoms with van der Waals surface area (Å²) in [4.78, 5) is 36.3. The van der Waals surface area contributed by atoms with E-state index in [9.17, 15) is 18.0 Å². The number of carbonyl (C=O) groups excluding carboxylic acids is 2. The minimum absolute atomic E-state index is 0.0439. The summed E-state index contributed by atoms with van der Waals surface area (Å²) in [7, 11) is -3.73. The Hall–Kier alpha value is -3.55. The number of rotatable bonds is 14. The van der Waals surface area contributed by atoms with Crippen molar-refractivity contribution in [3.05, 3.63) is 66.3 Å². The van der Waals surface area contributed by atoms with Crippen LogP contribution in [0.5, 0.6) is 0 Å². The van der Waals surface area contributed by atoms with Crippen molar-refractivity contribution in [3.63, 3.8) is 0 Å². The topological polar surface area (TPSA) is 152 Å². The minimum atomic E-state index is -3.73. The molecule has 0 saturated heterocycles. The van der Waals surface area contributed by atoms with E-state index in [1.54, 1.807) is 46.1 Å². The maximum atomic E-state index is 12.5. The van der Waals surface area contributed by atoms with Gasteiger partial charge in [0.1, 0.15) is 35.9 Å². The Bertz CT molecular complexity index is 1400. The number of esters is 2. The highest BCUT2D eigenvalue weighted by molar-refractivity contribution is 7.89. The molecular formula is C30H44N6O6S. The standard InChI is InChI=1S/C30H44N6O6S/c1-29(2,3)41-27(37)21-35-17-14-32-25(35)19-34(16-8-7-9-23-10-12-24(13-11-23)43(31,39)40)20-26-33-15-18-36(26)22-28(38)42-30(4,5)6/h10-15,17-18H,7-9,16,19-22H2,1-6H3,(H2,31,39,40). The molecule has 2 N–H and O–H groups in total. The minimum Gasteiger partial charge on any atom is -0.459 e. The Kier molecular flexibility index (Phi) is 11.3. The van der Waals surface area contributed by atoms with Crippen molar-refractivity contribution in [2.24, 2.45) is 5.14 Å². The van der Waals surface area contributed by atoms with E-state index in [1.807, 2.05) is 41.5 Å². The van der Waals surface area contributed by atoms with Gasteiger partial charge in [-0.3, -0.25) is 14.5 Å². The van der Waals surface area contributed by atoms with Crippen molar-refractivity contribution in [2.45, 2.75) is 103 Å². The quantitative estimate of drug-likeness (QED) is 0.212. The largest absolute Gasteiger partial charge is 0.459 e. The van der Waals surface area contributed by atoms with Gasteiger partial charge in [0.25, 0.3) is 0 Å². The van der Waals surface area contributed by atoms with Gasteiger partial charge in [0.2, 0.25) is 10.0 Å². The van der Waals surface area contributed by atoms with E-state index in [0.29, 0.717) is 31.3 Å². The lowest BCUT2D eigenvalue weighted by molar-refractivity contribution is -0.156. The van der Waals surface area contributed by atoms with Crippen LogP contribution >= 0.6 is 0 Å². The summed E-state index contributed by atoms with van der Waals surface area (Å²) in [6.45, 7) is 12.6. The molecule has 0 aliphatic rings. The number of imidazole rings is 2. The van der Waals surface area contributed by atoms with E-state index in [-0.39, 0.29) is 29.9 Å². The number of nitrogens with zero attached hydrogens (tertiary/aromatic N) is 5. The average molecular weight is 617 g/mol. The van der Waals surface area contributed by atoms with E-state index in [4.69, 9.17) is 14.6 Å². The molecule has 0 unspecified atom stereocenters. The van der Waals surface area contributed by atoms with Gasteiger partial charge in [-0.2, -0.15) is 0 Å². The molecule has 0 amide bonds. The number of ether oxygens (including phenoxy) is 2. The Morgan fingerprint density at radius 1 is 0.814 bits per heavy atom. The highest BCUT2D eigenvalue weighted by Crippen LogP contribution is 2.15. The number of primary sulfonamides is 1. The first-order valence-corrected chi connectivity index (χ1v) is 15.8. The van der Waals surface area contributed by atoms with Crippen LogP contribution in [-0.4, -0.2) is 62.1 Å². The smallest absolute Gasteiger partial charge is 0.326 e. The van der Waals surface area contributed by atoms with Gasteiger partial charge < -0.3 is 18.6 Å². The Morgan fingerprint density at radius 2 is 1.28 bits per heavy atom. The number of sulfonamides is 1. The number of carbonyl (C=O) groups is 2. The second-order valence-corrected chi connectivity index (χ2v) is 14.0. The second-order valence-electron chi connectivity index (χ2n) is 12.5. The van der Waals surface area contributed by atoms with Gasteiger partial charge in [-0.25, -0.2) is 23.5 Å². The van der Waals surface area contributed by atoms with Crippen LogP contribution in [0.2, 0.25) is 0 Å². The number of aromatic nitrogens is 4. The maximum Gasteiger partial charge on any atom is 0.326 e. The van der Waals surface area contributed by atoms with Crippen molar-refractivity contribution in [1.29, 1.82) is 0 Å². The molecule has 0 fully saturated rings. The summed E-state index contributed by atoms with van der Waals surface area (Å²) in [6.07, 6.45) is 9.27. The molecule has 2 heterocycles. The van der Waals surface area contributed by atoms with Crippen LogP contribution in [0, 0.1) is 0 Å². The number of unbranched alkanes of at least 4 members (excludes halogenated alkanes) is 1. The Balaban J connectivity index is 1.70. The van der Waals surface area contributed by atoms with E-state index in [2.05, 4.69) is 14.9 Å². The van der Waals surface area contributed by atoms with Crippen LogP contribution in [-0.2, 0) is 61.7 Å². The number of hydrogen-bond donors (Lipinski definition) is 1. The SMILES string of the molecule is CC(C)(C)OC(=O)Cn1ccnc1CN(CCCCc1ccc(S(N)(=O)=O)cc1)Cc1nccn1CC(=O)OC(C)(C)C. The molecule has 0 bridgehead atoms. The summed E-state index contributed by atoms with van der Waals surface area (Å²) >= 11 is 0. The molecule has 0 saturated carbocycles. The lowest BCUT2D eigenvalue weighted by Gasteiger charge is -2.24. The Labute approximate surface area is 254 Å². The monoisotopic (exact) mass is 616 g/mol. The predicted octanol–water partition coefficient (Wildman–Crippen LogP) is 3.44. The highest BCUT2D eigenvalue weighted by atomic mass is 32.2. The molecule has 0 aliphatic heterocycles. The van der Waals surface area contributed by atoms with Gasteiger partial charge in [-0.05, 0) is 85.0 Å². The van der Waals surface area contributed by atoms with Gasteiger partial charge in [0, 0.05) is 24.8 Å². The lowest BCUT2D eigenvalue weighted by atomic mass is 10.1. The van der Waals surface area contributed by atoms with Crippen molar-refractivity contribution in [2.75, 3.05) is 6.54 Å². The van der Waals surface area contributed by atoms with Crippen LogP contribution in [0.3, 0.4) is 0 Å². The molecule has 13 heteroatoms. The van der Waals surface area contributed by atoms with Crippen LogP contribution < -0.4 is 5.14 Å². The third-order valence-electron chi connectivity index (χ3n) is 6.21. The first-order chi connectivity index (χ1) is 20.0. The van der Waals surface area contributed by atoms with Gasteiger partial charge in [-0.1, -0.05) is 12.1 Å². The summed E-state index contributed by atoms with van der Waals surface area (Å²) in [5.41, 5.74) is -0.165. The number of benzene rings is 1. The molecule has 43 heavy (non-hydrogen) atoms. The van der Waals surface area contributed by atoms with Crippen molar-refractivity contribution < 1.29 is 27.5 Å². The maximum absolute atomic E-state index is 12.5. The predicted molar refractivity (Wildman–Crippen MR) is 161 cm³/mol. The van der Waals surface area contributed by atoms with Crippen LogP contribution in [0.15, 0.2) is 53.9 Å². The fraction of sp³-hybridized carbons (Fsp3) is 0.533. The van der Waals surface area contributed by atoms with Gasteiger partial charge in [-0.15, -0.1) is 0 Å². The summed E-state index contributed by atoms with van der Waals surface area (Å²) < 4.78 is 37.6. The zero-order valence-electron chi connectivity index (χ0n) is 25.9. The summed E-state index contributed by atoms with van der Waals surface area (Å²) in [5.74, 6) is 0.712. The third kappa shape index (κ3) is 11.9. The van der Waals surface area contributed by atoms with Crippen molar-refractivity contribution >= 4 is 22.0 Å². The molecule has 0 spiro atoms. The molecule has 0 radical (unpaired) electrons. The van der Waals surface area contributed by atoms with E-state index >= 15 is 0 Å². The van der Waals surface area contributed by atoms with E-state index in [0.717, 1.165) is 24.8 Å². The first-order valence-electron chi connectivity index (χ1n) is 14.3. The first kappa shape index (κ1) is 33.9. The van der Waals surface area contributed by atoms with Gasteiger partial charge in [0.15, 0.2) is 0 Å². The van der Waals surface area contributed by atoms with E-state index in [1.165, 1.54) is 12.1 Å². The molecule has 12 nitrogen and oxygen atoms in total. The van der Waals surface area contributed by atoms with E-state index < -0.39 is 21.2 Å². The molecule has 3 aromatic rings. The fourth-order valence-corrected chi connectivity index (χ4v) is 4.94. The van der Waals surface area contributed by atoms with Crippen molar-refractivity contribution in [1.82, 2.24) is 24.0 Å². The zero-order valence-corrected chi connectivity index (χ0v) is 26.8. The second kappa shape index (κ2) is 14.3. The van der Waals surface area contributed by atoms with Crippen LogP contribution in [0.25, 0.3) is 0 Å². The molecule has 236 valence electrons.